The lowest BCUT2D eigenvalue weighted by Crippen LogP contribution is -2.16. The average molecular weight is 347 g/mol. The molecule has 0 nitrogen and oxygen atoms in total. The Bertz CT molecular complexity index is 461. The Morgan fingerprint density at radius 1 is 0.750 bits per heavy atom. The Labute approximate surface area is 154 Å². The van der Waals surface area contributed by atoms with Gasteiger partial charge in [-0.3, -0.25) is 0 Å². The normalized spacial score (nSPS) is 31.1. The summed E-state index contributed by atoms with van der Waals surface area (Å²) in [4.78, 5) is 0. The second kappa shape index (κ2) is 9.27. The van der Waals surface area contributed by atoms with E-state index < -0.39 is 0 Å². The summed E-state index contributed by atoms with van der Waals surface area (Å²) in [5.74, 6) is 3.88. The van der Waals surface area contributed by atoms with E-state index in [1.165, 1.54) is 82.6 Å². The molecule has 2 fully saturated rings. The molecule has 0 amide bonds. The van der Waals surface area contributed by atoms with Crippen molar-refractivity contribution in [1.29, 1.82) is 0 Å². The highest BCUT2D eigenvalue weighted by Gasteiger charge is 2.23. The summed E-state index contributed by atoms with van der Waals surface area (Å²) >= 11 is 6.01. The van der Waals surface area contributed by atoms with E-state index in [-0.39, 0.29) is 0 Å². The Balaban J connectivity index is 1.32. The number of benzene rings is 1. The molecule has 0 heterocycles. The molecular weight excluding hydrogens is 312 g/mol. The van der Waals surface area contributed by atoms with Crippen LogP contribution in [-0.2, 0) is 0 Å². The van der Waals surface area contributed by atoms with Gasteiger partial charge in [0.05, 0.1) is 0 Å². The minimum Gasteiger partial charge on any atom is -0.0843 e. The molecule has 0 radical (unpaired) electrons. The fraction of sp³-hybridized carbons (Fsp3) is 0.739. The van der Waals surface area contributed by atoms with Crippen LogP contribution >= 0.6 is 11.6 Å². The van der Waals surface area contributed by atoms with Crippen molar-refractivity contribution in [3.63, 3.8) is 0 Å². The second-order valence-electron chi connectivity index (χ2n) is 8.50. The predicted octanol–water partition coefficient (Wildman–Crippen LogP) is 8.00. The molecule has 1 aromatic rings. The van der Waals surface area contributed by atoms with Crippen LogP contribution in [0.4, 0.5) is 0 Å². The van der Waals surface area contributed by atoms with E-state index in [0.717, 1.165) is 28.7 Å². The van der Waals surface area contributed by atoms with Crippen molar-refractivity contribution in [1.82, 2.24) is 0 Å². The molecule has 0 N–H and O–H groups in total. The van der Waals surface area contributed by atoms with Crippen molar-refractivity contribution in [2.45, 2.75) is 89.9 Å². The minimum absolute atomic E-state index is 0.780. The molecular formula is C23H35Cl. The van der Waals surface area contributed by atoms with Gasteiger partial charge in [0.15, 0.2) is 0 Å². The van der Waals surface area contributed by atoms with E-state index in [2.05, 4.69) is 31.2 Å². The largest absolute Gasteiger partial charge is 0.0843 e. The standard InChI is InChI=1S/C23H35Cl/c1-2-18-6-8-19(9-7-18)4-3-5-20-10-12-21(13-11-20)22-14-16-23(24)17-15-22/h14-21H,2-13H2,1H3. The lowest BCUT2D eigenvalue weighted by Gasteiger charge is -2.30. The van der Waals surface area contributed by atoms with E-state index in [4.69, 9.17) is 11.6 Å². The maximum atomic E-state index is 6.01. The SMILES string of the molecule is CCC1CCC(CCCC2CCC(c3ccc(Cl)cc3)CC2)CC1. The van der Waals surface area contributed by atoms with Crippen LogP contribution in [0.15, 0.2) is 24.3 Å². The summed E-state index contributed by atoms with van der Waals surface area (Å²) in [5.41, 5.74) is 1.51. The van der Waals surface area contributed by atoms with Gasteiger partial charge in [0.25, 0.3) is 0 Å². The molecule has 0 bridgehead atoms. The smallest absolute Gasteiger partial charge is 0.0406 e. The van der Waals surface area contributed by atoms with Gasteiger partial charge in [-0.05, 0) is 67.1 Å². The lowest BCUT2D eigenvalue weighted by molar-refractivity contribution is 0.241. The van der Waals surface area contributed by atoms with E-state index in [0.29, 0.717) is 0 Å². The van der Waals surface area contributed by atoms with Gasteiger partial charge in [0, 0.05) is 5.02 Å². The molecule has 3 rings (SSSR count). The van der Waals surface area contributed by atoms with Crippen molar-refractivity contribution in [2.75, 3.05) is 0 Å². The van der Waals surface area contributed by atoms with E-state index >= 15 is 0 Å². The molecule has 1 aromatic carbocycles. The molecule has 2 aliphatic rings. The van der Waals surface area contributed by atoms with Crippen LogP contribution in [0.1, 0.15) is 95.5 Å². The van der Waals surface area contributed by atoms with Gasteiger partial charge in [0.1, 0.15) is 0 Å². The third-order valence-electron chi connectivity index (χ3n) is 6.96. The fourth-order valence-corrected chi connectivity index (χ4v) is 5.27. The molecule has 0 aromatic heterocycles. The molecule has 0 saturated heterocycles. The molecule has 2 aliphatic carbocycles. The number of halogens is 1. The Hall–Kier alpha value is -0.490. The van der Waals surface area contributed by atoms with Crippen LogP contribution in [0, 0.1) is 17.8 Å². The highest BCUT2D eigenvalue weighted by Crippen LogP contribution is 2.39. The first-order valence-corrected chi connectivity index (χ1v) is 10.9. The summed E-state index contributed by atoms with van der Waals surface area (Å²) in [7, 11) is 0. The second-order valence-corrected chi connectivity index (χ2v) is 8.93. The van der Waals surface area contributed by atoms with Gasteiger partial charge in [-0.15, -0.1) is 0 Å². The van der Waals surface area contributed by atoms with Crippen molar-refractivity contribution in [2.24, 2.45) is 17.8 Å². The molecule has 0 spiro atoms. The quantitative estimate of drug-likeness (QED) is 0.489. The summed E-state index contributed by atoms with van der Waals surface area (Å²) in [6, 6.07) is 8.58. The molecule has 0 aliphatic heterocycles. The predicted molar refractivity (Wildman–Crippen MR) is 106 cm³/mol. The van der Waals surface area contributed by atoms with Gasteiger partial charge in [-0.1, -0.05) is 82.0 Å². The van der Waals surface area contributed by atoms with Gasteiger partial charge in [-0.25, -0.2) is 0 Å². The maximum absolute atomic E-state index is 6.01. The topological polar surface area (TPSA) is 0 Å². The minimum atomic E-state index is 0.780. The summed E-state index contributed by atoms with van der Waals surface area (Å²) in [5, 5.41) is 0.861. The lowest BCUT2D eigenvalue weighted by atomic mass is 9.75. The van der Waals surface area contributed by atoms with Crippen molar-refractivity contribution in [3.05, 3.63) is 34.9 Å². The Morgan fingerprint density at radius 3 is 1.79 bits per heavy atom. The van der Waals surface area contributed by atoms with E-state index in [1.807, 2.05) is 0 Å². The first kappa shape index (κ1) is 18.3. The molecule has 0 atom stereocenters. The highest BCUT2D eigenvalue weighted by atomic mass is 35.5. The fourth-order valence-electron chi connectivity index (χ4n) is 5.14. The zero-order valence-electron chi connectivity index (χ0n) is 15.5. The Morgan fingerprint density at radius 2 is 1.25 bits per heavy atom. The zero-order valence-corrected chi connectivity index (χ0v) is 16.2. The first-order chi connectivity index (χ1) is 11.7. The zero-order chi connectivity index (χ0) is 16.8. The number of hydrogen-bond donors (Lipinski definition) is 0. The summed E-state index contributed by atoms with van der Waals surface area (Å²) in [6.45, 7) is 2.37. The summed E-state index contributed by atoms with van der Waals surface area (Å²) in [6.07, 6.45) is 17.6. The Kier molecular flexibility index (Phi) is 7.07. The van der Waals surface area contributed by atoms with Crippen molar-refractivity contribution in [3.8, 4) is 0 Å². The molecule has 2 saturated carbocycles. The number of rotatable bonds is 6. The van der Waals surface area contributed by atoms with Crippen LogP contribution in [0.5, 0.6) is 0 Å². The van der Waals surface area contributed by atoms with Gasteiger partial charge >= 0.3 is 0 Å². The summed E-state index contributed by atoms with van der Waals surface area (Å²) < 4.78 is 0. The molecule has 134 valence electrons. The van der Waals surface area contributed by atoms with Crippen LogP contribution < -0.4 is 0 Å². The van der Waals surface area contributed by atoms with Crippen LogP contribution in [-0.4, -0.2) is 0 Å². The molecule has 24 heavy (non-hydrogen) atoms. The van der Waals surface area contributed by atoms with Gasteiger partial charge in [0.2, 0.25) is 0 Å². The van der Waals surface area contributed by atoms with Gasteiger partial charge in [-0.2, -0.15) is 0 Å². The van der Waals surface area contributed by atoms with E-state index in [1.54, 1.807) is 0 Å². The monoisotopic (exact) mass is 346 g/mol. The van der Waals surface area contributed by atoms with Crippen molar-refractivity contribution >= 4 is 11.6 Å². The van der Waals surface area contributed by atoms with Crippen LogP contribution in [0.25, 0.3) is 0 Å². The van der Waals surface area contributed by atoms with Crippen molar-refractivity contribution < 1.29 is 0 Å². The third-order valence-corrected chi connectivity index (χ3v) is 7.21. The molecule has 0 unspecified atom stereocenters. The third kappa shape index (κ3) is 5.25. The average Bonchev–Trinajstić information content (AvgIpc) is 2.64. The van der Waals surface area contributed by atoms with E-state index in [9.17, 15) is 0 Å². The van der Waals surface area contributed by atoms with Crippen LogP contribution in [0.2, 0.25) is 5.02 Å². The maximum Gasteiger partial charge on any atom is 0.0406 e. The van der Waals surface area contributed by atoms with Crippen LogP contribution in [0.3, 0.4) is 0 Å². The molecule has 1 heteroatoms. The highest BCUT2D eigenvalue weighted by molar-refractivity contribution is 6.30. The first-order valence-electron chi connectivity index (χ1n) is 10.5. The number of hydrogen-bond acceptors (Lipinski definition) is 0. The van der Waals surface area contributed by atoms with Gasteiger partial charge < -0.3 is 0 Å².